The van der Waals surface area contributed by atoms with Crippen molar-refractivity contribution in [2.75, 3.05) is 6.61 Å². The van der Waals surface area contributed by atoms with Crippen molar-refractivity contribution in [3.05, 3.63) is 58.5 Å². The molecule has 1 aliphatic heterocycles. The third-order valence-corrected chi connectivity index (χ3v) is 3.30. The van der Waals surface area contributed by atoms with Crippen LogP contribution < -0.4 is 10.6 Å². The van der Waals surface area contributed by atoms with Crippen LogP contribution in [-0.2, 0) is 9.53 Å². The summed E-state index contributed by atoms with van der Waals surface area (Å²) in [6, 6.07) is 7.05. The summed E-state index contributed by atoms with van der Waals surface area (Å²) in [7, 11) is 0. The first kappa shape index (κ1) is 14.5. The Morgan fingerprint density at radius 2 is 2.05 bits per heavy atom. The topological polar surface area (TPSA) is 50.4 Å². The van der Waals surface area contributed by atoms with Crippen molar-refractivity contribution in [1.82, 2.24) is 10.6 Å². The van der Waals surface area contributed by atoms with Gasteiger partial charge in [0, 0.05) is 10.7 Å². The van der Waals surface area contributed by atoms with E-state index in [1.54, 1.807) is 19.1 Å². The van der Waals surface area contributed by atoms with Crippen molar-refractivity contribution in [1.29, 1.82) is 0 Å². The molecule has 1 heterocycles. The summed E-state index contributed by atoms with van der Waals surface area (Å²) in [6.45, 7) is 7.82. The Kier molecular flexibility index (Phi) is 4.35. The van der Waals surface area contributed by atoms with Crippen LogP contribution in [0.5, 0.6) is 0 Å². The van der Waals surface area contributed by atoms with Crippen LogP contribution in [0.4, 0.5) is 0 Å². The second kappa shape index (κ2) is 6.01. The maximum absolute atomic E-state index is 12.2. The second-order valence-electron chi connectivity index (χ2n) is 4.49. The SMILES string of the molecule is C=C1NC(C)=C(C(=O)OCC)C(c2ccc(Cl)cc2)N1. The molecule has 2 N–H and O–H groups in total. The number of benzene rings is 1. The molecule has 0 radical (unpaired) electrons. The predicted molar refractivity (Wildman–Crippen MR) is 78.9 cm³/mol. The molecule has 2 rings (SSSR count). The fourth-order valence-electron chi connectivity index (χ4n) is 2.18. The van der Waals surface area contributed by atoms with Gasteiger partial charge >= 0.3 is 5.97 Å². The van der Waals surface area contributed by atoms with Gasteiger partial charge in [-0.15, -0.1) is 0 Å². The maximum Gasteiger partial charge on any atom is 0.338 e. The zero-order chi connectivity index (χ0) is 14.7. The molecular formula is C15H17ClN2O2. The molecule has 0 aliphatic carbocycles. The smallest absolute Gasteiger partial charge is 0.338 e. The molecule has 1 aromatic rings. The Labute approximate surface area is 123 Å². The minimum atomic E-state index is -0.336. The lowest BCUT2D eigenvalue weighted by Crippen LogP contribution is -2.39. The Hall–Kier alpha value is -1.94. The first-order valence-corrected chi connectivity index (χ1v) is 6.76. The van der Waals surface area contributed by atoms with E-state index >= 15 is 0 Å². The van der Waals surface area contributed by atoms with Gasteiger partial charge in [0.05, 0.1) is 24.0 Å². The summed E-state index contributed by atoms with van der Waals surface area (Å²) in [5, 5.41) is 6.84. The molecule has 5 heteroatoms. The molecule has 20 heavy (non-hydrogen) atoms. The summed E-state index contributed by atoms with van der Waals surface area (Å²) in [5.41, 5.74) is 2.23. The summed E-state index contributed by atoms with van der Waals surface area (Å²) in [6.07, 6.45) is 0. The standard InChI is InChI=1S/C15H17ClN2O2/c1-4-20-15(19)13-9(2)17-10(3)18-14(13)11-5-7-12(16)8-6-11/h5-8,14,17-18H,3-4H2,1-2H3. The molecule has 1 atom stereocenters. The van der Waals surface area contributed by atoms with E-state index in [1.807, 2.05) is 19.1 Å². The third kappa shape index (κ3) is 2.96. The van der Waals surface area contributed by atoms with Crippen LogP contribution in [0, 0.1) is 0 Å². The summed E-state index contributed by atoms with van der Waals surface area (Å²) in [5.74, 6) is 0.313. The third-order valence-electron chi connectivity index (χ3n) is 3.05. The number of hydrogen-bond donors (Lipinski definition) is 2. The molecular weight excluding hydrogens is 276 g/mol. The highest BCUT2D eigenvalue weighted by molar-refractivity contribution is 6.30. The van der Waals surface area contributed by atoms with Crippen molar-refractivity contribution in [2.45, 2.75) is 19.9 Å². The van der Waals surface area contributed by atoms with E-state index in [9.17, 15) is 4.79 Å². The number of carbonyl (C=O) groups excluding carboxylic acids is 1. The number of ether oxygens (including phenoxy) is 1. The fourth-order valence-corrected chi connectivity index (χ4v) is 2.30. The molecule has 0 amide bonds. The molecule has 0 fully saturated rings. The lowest BCUT2D eigenvalue weighted by molar-refractivity contribution is -0.139. The highest BCUT2D eigenvalue weighted by Gasteiger charge is 2.30. The van der Waals surface area contributed by atoms with Gasteiger partial charge in [-0.3, -0.25) is 0 Å². The van der Waals surface area contributed by atoms with Gasteiger partial charge in [-0.2, -0.15) is 0 Å². The molecule has 0 spiro atoms. The number of esters is 1. The lowest BCUT2D eigenvalue weighted by Gasteiger charge is -2.30. The van der Waals surface area contributed by atoms with Crippen LogP contribution in [0.2, 0.25) is 5.02 Å². The minimum Gasteiger partial charge on any atom is -0.463 e. The number of halogens is 1. The summed E-state index contributed by atoms with van der Waals surface area (Å²) < 4.78 is 5.13. The number of allylic oxidation sites excluding steroid dienone is 1. The van der Waals surface area contributed by atoms with Gasteiger partial charge in [0.15, 0.2) is 0 Å². The molecule has 106 valence electrons. The van der Waals surface area contributed by atoms with Gasteiger partial charge in [0.1, 0.15) is 0 Å². The van der Waals surface area contributed by atoms with Gasteiger partial charge in [-0.1, -0.05) is 30.3 Å². The average molecular weight is 293 g/mol. The number of rotatable bonds is 3. The van der Waals surface area contributed by atoms with Crippen LogP contribution in [0.15, 0.2) is 47.9 Å². The van der Waals surface area contributed by atoms with Gasteiger partial charge < -0.3 is 15.4 Å². The zero-order valence-corrected chi connectivity index (χ0v) is 12.3. The molecule has 0 saturated heterocycles. The van der Waals surface area contributed by atoms with E-state index < -0.39 is 0 Å². The molecule has 1 unspecified atom stereocenters. The highest BCUT2D eigenvalue weighted by Crippen LogP contribution is 2.29. The molecule has 0 saturated carbocycles. The molecule has 4 nitrogen and oxygen atoms in total. The Morgan fingerprint density at radius 1 is 1.40 bits per heavy atom. The van der Waals surface area contributed by atoms with Crippen LogP contribution in [0.25, 0.3) is 0 Å². The van der Waals surface area contributed by atoms with E-state index in [4.69, 9.17) is 16.3 Å². The van der Waals surface area contributed by atoms with Crippen LogP contribution >= 0.6 is 11.6 Å². The van der Waals surface area contributed by atoms with E-state index in [1.165, 1.54) is 0 Å². The minimum absolute atomic E-state index is 0.292. The van der Waals surface area contributed by atoms with Gasteiger partial charge in [0.2, 0.25) is 0 Å². The van der Waals surface area contributed by atoms with Crippen molar-refractivity contribution >= 4 is 17.6 Å². The van der Waals surface area contributed by atoms with Gasteiger partial charge in [-0.05, 0) is 31.5 Å². The first-order valence-electron chi connectivity index (χ1n) is 6.38. The second-order valence-corrected chi connectivity index (χ2v) is 4.93. The van der Waals surface area contributed by atoms with Gasteiger partial charge in [-0.25, -0.2) is 4.79 Å². The lowest BCUT2D eigenvalue weighted by atomic mass is 9.95. The molecule has 0 bridgehead atoms. The number of hydrogen-bond acceptors (Lipinski definition) is 4. The van der Waals surface area contributed by atoms with Crippen LogP contribution in [0.1, 0.15) is 25.5 Å². The summed E-state index contributed by atoms with van der Waals surface area (Å²) in [4.78, 5) is 12.2. The zero-order valence-electron chi connectivity index (χ0n) is 11.5. The number of nitrogens with one attached hydrogen (secondary N) is 2. The van der Waals surface area contributed by atoms with E-state index in [0.717, 1.165) is 11.3 Å². The first-order chi connectivity index (χ1) is 9.52. The van der Waals surface area contributed by atoms with Crippen molar-refractivity contribution in [3.63, 3.8) is 0 Å². The Balaban J connectivity index is 2.41. The molecule has 1 aliphatic rings. The fraction of sp³-hybridized carbons (Fsp3) is 0.267. The van der Waals surface area contributed by atoms with E-state index in [0.29, 0.717) is 23.0 Å². The normalized spacial score (nSPS) is 18.4. The van der Waals surface area contributed by atoms with E-state index in [2.05, 4.69) is 17.2 Å². The number of carbonyl (C=O) groups is 1. The predicted octanol–water partition coefficient (Wildman–Crippen LogP) is 2.88. The average Bonchev–Trinajstić information content (AvgIpc) is 2.38. The van der Waals surface area contributed by atoms with Crippen molar-refractivity contribution in [2.24, 2.45) is 0 Å². The highest BCUT2D eigenvalue weighted by atomic mass is 35.5. The monoisotopic (exact) mass is 292 g/mol. The van der Waals surface area contributed by atoms with Crippen LogP contribution in [-0.4, -0.2) is 12.6 Å². The maximum atomic E-state index is 12.2. The van der Waals surface area contributed by atoms with E-state index in [-0.39, 0.29) is 12.0 Å². The van der Waals surface area contributed by atoms with Gasteiger partial charge in [0.25, 0.3) is 0 Å². The summed E-state index contributed by atoms with van der Waals surface area (Å²) >= 11 is 5.90. The molecule has 1 aromatic carbocycles. The Bertz CT molecular complexity index is 564. The van der Waals surface area contributed by atoms with Crippen molar-refractivity contribution < 1.29 is 9.53 Å². The quantitative estimate of drug-likeness (QED) is 0.841. The largest absolute Gasteiger partial charge is 0.463 e. The van der Waals surface area contributed by atoms with Crippen LogP contribution in [0.3, 0.4) is 0 Å². The molecule has 0 aromatic heterocycles. The Morgan fingerprint density at radius 3 is 2.65 bits per heavy atom. The van der Waals surface area contributed by atoms with Crippen molar-refractivity contribution in [3.8, 4) is 0 Å².